The van der Waals surface area contributed by atoms with Gasteiger partial charge < -0.3 is 20.1 Å². The molecule has 0 atom stereocenters. The molecule has 0 radical (unpaired) electrons. The molecule has 7 heteroatoms. The van der Waals surface area contributed by atoms with Crippen molar-refractivity contribution in [3.05, 3.63) is 29.8 Å². The van der Waals surface area contributed by atoms with Crippen LogP contribution in [-0.4, -0.2) is 38.2 Å². The molecule has 0 saturated carbocycles. The Morgan fingerprint density at radius 3 is 2.55 bits per heavy atom. The molecule has 2 N–H and O–H groups in total. The molecule has 0 spiro atoms. The van der Waals surface area contributed by atoms with Crippen LogP contribution < -0.4 is 10.6 Å². The van der Waals surface area contributed by atoms with E-state index in [4.69, 9.17) is 0 Å². The zero-order valence-corrected chi connectivity index (χ0v) is 11.3. The Kier molecular flexibility index (Phi) is 6.02. The first kappa shape index (κ1) is 15.5. The number of alkyl carbamates (subject to hydrolysis) is 1. The van der Waals surface area contributed by atoms with Crippen molar-refractivity contribution in [2.45, 2.75) is 6.92 Å². The summed E-state index contributed by atoms with van der Waals surface area (Å²) in [6.45, 7) is 1.62. The fourth-order valence-corrected chi connectivity index (χ4v) is 1.41. The van der Waals surface area contributed by atoms with E-state index < -0.39 is 18.0 Å². The molecule has 0 saturated heterocycles. The maximum atomic E-state index is 11.7. The summed E-state index contributed by atoms with van der Waals surface area (Å²) in [5.41, 5.74) is 0.550. The lowest BCUT2D eigenvalue weighted by atomic mass is 10.2. The van der Waals surface area contributed by atoms with Gasteiger partial charge in [0.15, 0.2) is 0 Å². The van der Waals surface area contributed by atoms with Crippen LogP contribution in [0, 0.1) is 0 Å². The first-order valence-corrected chi connectivity index (χ1v) is 5.96. The molecule has 0 aromatic heterocycles. The van der Waals surface area contributed by atoms with Gasteiger partial charge in [0.1, 0.15) is 6.54 Å². The van der Waals surface area contributed by atoms with Gasteiger partial charge in [0.05, 0.1) is 25.0 Å². The number of nitrogens with one attached hydrogen (secondary N) is 2. The first-order valence-electron chi connectivity index (χ1n) is 5.96. The minimum absolute atomic E-state index is 0.221. The van der Waals surface area contributed by atoms with E-state index in [1.165, 1.54) is 13.2 Å². The van der Waals surface area contributed by atoms with Gasteiger partial charge in [-0.2, -0.15) is 0 Å². The smallest absolute Gasteiger partial charge is 0.407 e. The number of amides is 2. The van der Waals surface area contributed by atoms with E-state index in [0.29, 0.717) is 5.69 Å². The number of anilines is 1. The molecule has 20 heavy (non-hydrogen) atoms. The van der Waals surface area contributed by atoms with Crippen molar-refractivity contribution in [3.8, 4) is 0 Å². The molecule has 108 valence electrons. The summed E-state index contributed by atoms with van der Waals surface area (Å²) in [5, 5.41) is 4.79. The normalized spacial score (nSPS) is 9.50. The third-order valence-corrected chi connectivity index (χ3v) is 2.28. The molecule has 1 aromatic carbocycles. The standard InChI is InChI=1S/C13H16N2O5/c1-3-20-13(18)14-8-11(16)15-10-7-5-4-6-9(10)12(17)19-2/h4-7H,3,8H2,1-2H3,(H,14,18)(H,15,16). The summed E-state index contributed by atoms with van der Waals surface area (Å²) in [7, 11) is 1.25. The summed E-state index contributed by atoms with van der Waals surface area (Å²) in [5.74, 6) is -1.03. The number of carbonyl (C=O) groups excluding carboxylic acids is 3. The molecular weight excluding hydrogens is 264 g/mol. The summed E-state index contributed by atoms with van der Waals surface area (Å²) in [6, 6.07) is 6.41. The van der Waals surface area contributed by atoms with Gasteiger partial charge in [-0.3, -0.25) is 4.79 Å². The van der Waals surface area contributed by atoms with Gasteiger partial charge in [-0.1, -0.05) is 12.1 Å². The van der Waals surface area contributed by atoms with Crippen molar-refractivity contribution < 1.29 is 23.9 Å². The Bertz CT molecular complexity index is 501. The predicted molar refractivity (Wildman–Crippen MR) is 71.4 cm³/mol. The zero-order chi connectivity index (χ0) is 15.0. The Hall–Kier alpha value is -2.57. The predicted octanol–water partition coefficient (Wildman–Crippen LogP) is 1.16. The molecule has 0 aliphatic carbocycles. The summed E-state index contributed by atoms with van der Waals surface area (Å²) in [6.07, 6.45) is -0.677. The lowest BCUT2D eigenvalue weighted by molar-refractivity contribution is -0.115. The molecule has 2 amide bonds. The van der Waals surface area contributed by atoms with Crippen LogP contribution in [0.25, 0.3) is 0 Å². The second-order valence-corrected chi connectivity index (χ2v) is 3.66. The van der Waals surface area contributed by atoms with Crippen LogP contribution in [0.2, 0.25) is 0 Å². The number of para-hydroxylation sites is 1. The minimum Gasteiger partial charge on any atom is -0.465 e. The third kappa shape index (κ3) is 4.60. The minimum atomic E-state index is -0.677. The van der Waals surface area contributed by atoms with Gasteiger partial charge in [-0.25, -0.2) is 9.59 Å². The number of ether oxygens (including phenoxy) is 2. The average Bonchev–Trinajstić information content (AvgIpc) is 2.45. The highest BCUT2D eigenvalue weighted by Gasteiger charge is 2.13. The van der Waals surface area contributed by atoms with Crippen LogP contribution in [0.5, 0.6) is 0 Å². The molecule has 1 aromatic rings. The van der Waals surface area contributed by atoms with Crippen LogP contribution in [0.4, 0.5) is 10.5 Å². The highest BCUT2D eigenvalue weighted by Crippen LogP contribution is 2.15. The van der Waals surface area contributed by atoms with E-state index in [2.05, 4.69) is 20.1 Å². The number of rotatable bonds is 5. The molecule has 0 bridgehead atoms. The molecule has 0 unspecified atom stereocenters. The van der Waals surface area contributed by atoms with Gasteiger partial charge >= 0.3 is 12.1 Å². The highest BCUT2D eigenvalue weighted by molar-refractivity contribution is 6.02. The lowest BCUT2D eigenvalue weighted by Crippen LogP contribution is -2.33. The summed E-state index contributed by atoms with van der Waals surface area (Å²) < 4.78 is 9.23. The van der Waals surface area contributed by atoms with Crippen molar-refractivity contribution in [3.63, 3.8) is 0 Å². The van der Waals surface area contributed by atoms with E-state index in [-0.39, 0.29) is 18.7 Å². The number of carbonyl (C=O) groups is 3. The Labute approximate surface area is 116 Å². The molecule has 1 rings (SSSR count). The van der Waals surface area contributed by atoms with Gasteiger partial charge in [-0.05, 0) is 19.1 Å². The molecule has 0 aliphatic heterocycles. The fourth-order valence-electron chi connectivity index (χ4n) is 1.41. The third-order valence-electron chi connectivity index (χ3n) is 2.28. The number of benzene rings is 1. The van der Waals surface area contributed by atoms with Crippen molar-refractivity contribution in [1.82, 2.24) is 5.32 Å². The van der Waals surface area contributed by atoms with Crippen LogP contribution in [0.1, 0.15) is 17.3 Å². The van der Waals surface area contributed by atoms with Gasteiger partial charge in [0.25, 0.3) is 0 Å². The van der Waals surface area contributed by atoms with Gasteiger partial charge in [0, 0.05) is 0 Å². The lowest BCUT2D eigenvalue weighted by Gasteiger charge is -2.10. The largest absolute Gasteiger partial charge is 0.465 e. The van der Waals surface area contributed by atoms with Gasteiger partial charge in [-0.15, -0.1) is 0 Å². The Balaban J connectivity index is 2.62. The Morgan fingerprint density at radius 2 is 1.90 bits per heavy atom. The number of methoxy groups -OCH3 is 1. The maximum Gasteiger partial charge on any atom is 0.407 e. The van der Waals surface area contributed by atoms with E-state index in [1.54, 1.807) is 25.1 Å². The molecular formula is C13H16N2O5. The highest BCUT2D eigenvalue weighted by atomic mass is 16.5. The molecule has 7 nitrogen and oxygen atoms in total. The van der Waals surface area contributed by atoms with E-state index >= 15 is 0 Å². The van der Waals surface area contributed by atoms with E-state index in [0.717, 1.165) is 0 Å². The monoisotopic (exact) mass is 280 g/mol. The molecule has 0 fully saturated rings. The van der Waals surface area contributed by atoms with Crippen LogP contribution in [-0.2, 0) is 14.3 Å². The van der Waals surface area contributed by atoms with Crippen molar-refractivity contribution >= 4 is 23.7 Å². The van der Waals surface area contributed by atoms with Crippen molar-refractivity contribution in [2.75, 3.05) is 25.6 Å². The van der Waals surface area contributed by atoms with Crippen molar-refractivity contribution in [2.24, 2.45) is 0 Å². The summed E-state index contributed by atoms with van der Waals surface area (Å²) in [4.78, 5) is 34.2. The van der Waals surface area contributed by atoms with Crippen LogP contribution in [0.3, 0.4) is 0 Å². The van der Waals surface area contributed by atoms with Gasteiger partial charge in [0.2, 0.25) is 5.91 Å². The van der Waals surface area contributed by atoms with E-state index in [9.17, 15) is 14.4 Å². The van der Waals surface area contributed by atoms with E-state index in [1.807, 2.05) is 0 Å². The molecule has 0 heterocycles. The maximum absolute atomic E-state index is 11.7. The number of hydrogen-bond donors (Lipinski definition) is 2. The summed E-state index contributed by atoms with van der Waals surface area (Å²) >= 11 is 0. The zero-order valence-electron chi connectivity index (χ0n) is 11.3. The second kappa shape index (κ2) is 7.78. The Morgan fingerprint density at radius 1 is 1.20 bits per heavy atom. The molecule has 0 aliphatic rings. The average molecular weight is 280 g/mol. The number of hydrogen-bond acceptors (Lipinski definition) is 5. The topological polar surface area (TPSA) is 93.7 Å². The SMILES string of the molecule is CCOC(=O)NCC(=O)Nc1ccccc1C(=O)OC. The second-order valence-electron chi connectivity index (χ2n) is 3.66. The fraction of sp³-hybridized carbons (Fsp3) is 0.308. The van der Waals surface area contributed by atoms with Crippen LogP contribution in [0.15, 0.2) is 24.3 Å². The first-order chi connectivity index (χ1) is 9.58. The quantitative estimate of drug-likeness (QED) is 0.789. The van der Waals surface area contributed by atoms with Crippen LogP contribution >= 0.6 is 0 Å². The number of esters is 1. The van der Waals surface area contributed by atoms with Crippen molar-refractivity contribution in [1.29, 1.82) is 0 Å².